The van der Waals surface area contributed by atoms with Gasteiger partial charge in [0.05, 0.1) is 6.20 Å². The Bertz CT molecular complexity index is 728. The lowest BCUT2D eigenvalue weighted by Crippen LogP contribution is -2.34. The molecule has 1 aliphatic heterocycles. The molecule has 2 aromatic rings. The zero-order chi connectivity index (χ0) is 17.8. The number of oxazole rings is 1. The summed E-state index contributed by atoms with van der Waals surface area (Å²) in [6.07, 6.45) is 2.76. The minimum atomic E-state index is -0.0395. The van der Waals surface area contributed by atoms with E-state index in [1.165, 1.54) is 0 Å². The number of carbonyl (C=O) groups excluding carboxylic acids is 1. The van der Waals surface area contributed by atoms with Gasteiger partial charge in [-0.25, -0.2) is 9.78 Å². The van der Waals surface area contributed by atoms with Crippen molar-refractivity contribution in [3.8, 4) is 11.5 Å². The number of anilines is 1. The molecule has 0 radical (unpaired) electrons. The fourth-order valence-electron chi connectivity index (χ4n) is 3.16. The summed E-state index contributed by atoms with van der Waals surface area (Å²) in [4.78, 5) is 21.0. The molecule has 0 aliphatic carbocycles. The van der Waals surface area contributed by atoms with Crippen molar-refractivity contribution < 1.29 is 9.21 Å². The summed E-state index contributed by atoms with van der Waals surface area (Å²) in [5.74, 6) is 1.89. The summed E-state index contributed by atoms with van der Waals surface area (Å²) in [5.41, 5.74) is 1.61. The second-order valence-corrected chi connectivity index (χ2v) is 6.74. The van der Waals surface area contributed by atoms with E-state index in [1.54, 1.807) is 6.20 Å². The Balaban J connectivity index is 1.60. The first-order chi connectivity index (χ1) is 12.0. The van der Waals surface area contributed by atoms with Crippen LogP contribution in [0, 0.1) is 12.8 Å². The summed E-state index contributed by atoms with van der Waals surface area (Å²) in [7, 11) is 2.12. The maximum Gasteiger partial charge on any atom is 0.321 e. The van der Waals surface area contributed by atoms with Crippen molar-refractivity contribution in [1.29, 1.82) is 0 Å². The van der Waals surface area contributed by atoms with Crippen molar-refractivity contribution in [3.05, 3.63) is 36.2 Å². The number of benzene rings is 1. The van der Waals surface area contributed by atoms with Gasteiger partial charge in [0.2, 0.25) is 5.89 Å². The molecule has 1 atom stereocenters. The van der Waals surface area contributed by atoms with Gasteiger partial charge in [-0.05, 0) is 51.1 Å². The third kappa shape index (κ3) is 4.39. The molecule has 0 spiro atoms. The summed E-state index contributed by atoms with van der Waals surface area (Å²) in [6, 6.07) is 7.56. The third-order valence-corrected chi connectivity index (χ3v) is 4.66. The molecule has 2 heterocycles. The molecule has 0 unspecified atom stereocenters. The smallest absolute Gasteiger partial charge is 0.321 e. The van der Waals surface area contributed by atoms with Crippen LogP contribution in [0.3, 0.4) is 0 Å². The molecule has 134 valence electrons. The molecular formula is C19H26N4O2. The number of likely N-dealkylation sites (tertiary alicyclic amines) is 1. The Hall–Kier alpha value is -2.34. The molecule has 3 rings (SSSR count). The van der Waals surface area contributed by atoms with E-state index in [1.807, 2.05) is 36.1 Å². The number of amides is 2. The van der Waals surface area contributed by atoms with E-state index in [9.17, 15) is 4.79 Å². The molecule has 2 amide bonds. The number of rotatable bonds is 5. The molecule has 1 aliphatic rings. The van der Waals surface area contributed by atoms with Crippen LogP contribution >= 0.6 is 0 Å². The van der Waals surface area contributed by atoms with Crippen molar-refractivity contribution in [1.82, 2.24) is 14.8 Å². The lowest BCUT2D eigenvalue weighted by atomic mass is 10.1. The molecule has 1 aromatic carbocycles. The van der Waals surface area contributed by atoms with Gasteiger partial charge in [0.25, 0.3) is 0 Å². The van der Waals surface area contributed by atoms with Gasteiger partial charge < -0.3 is 19.5 Å². The topological polar surface area (TPSA) is 61.6 Å². The highest BCUT2D eigenvalue weighted by atomic mass is 16.4. The molecule has 0 bridgehead atoms. The van der Waals surface area contributed by atoms with E-state index in [0.29, 0.717) is 11.8 Å². The fraction of sp³-hybridized carbons (Fsp3) is 0.474. The van der Waals surface area contributed by atoms with E-state index in [-0.39, 0.29) is 6.03 Å². The molecule has 1 saturated heterocycles. The maximum atomic E-state index is 12.5. The third-order valence-electron chi connectivity index (χ3n) is 4.66. The quantitative estimate of drug-likeness (QED) is 0.904. The minimum absolute atomic E-state index is 0.0395. The monoisotopic (exact) mass is 342 g/mol. The minimum Gasteiger partial charge on any atom is -0.441 e. The first-order valence-electron chi connectivity index (χ1n) is 8.82. The van der Waals surface area contributed by atoms with Gasteiger partial charge in [-0.3, -0.25) is 0 Å². The summed E-state index contributed by atoms with van der Waals surface area (Å²) >= 11 is 0. The van der Waals surface area contributed by atoms with Crippen molar-refractivity contribution in [2.45, 2.75) is 20.3 Å². The second-order valence-electron chi connectivity index (χ2n) is 6.74. The van der Waals surface area contributed by atoms with Gasteiger partial charge >= 0.3 is 6.03 Å². The Labute approximate surface area is 148 Å². The number of nitrogens with one attached hydrogen (secondary N) is 1. The Kier molecular flexibility index (Phi) is 5.38. The van der Waals surface area contributed by atoms with Crippen molar-refractivity contribution in [3.63, 3.8) is 0 Å². The SMILES string of the molecule is CCN(C)C[C@H]1CCN(C(=O)Nc2cccc(-c3ncc(C)o3)c2)C1. The predicted octanol–water partition coefficient (Wildman–Crippen LogP) is 3.46. The van der Waals surface area contributed by atoms with Gasteiger partial charge in [0.1, 0.15) is 5.76 Å². The summed E-state index contributed by atoms with van der Waals surface area (Å²) in [5, 5.41) is 2.99. The molecule has 0 saturated carbocycles. The van der Waals surface area contributed by atoms with E-state index in [0.717, 1.165) is 49.6 Å². The highest BCUT2D eigenvalue weighted by Crippen LogP contribution is 2.23. The molecular weight excluding hydrogens is 316 g/mol. The maximum absolute atomic E-state index is 12.5. The number of carbonyl (C=O) groups is 1. The average Bonchev–Trinajstić information content (AvgIpc) is 3.24. The average molecular weight is 342 g/mol. The molecule has 25 heavy (non-hydrogen) atoms. The number of aryl methyl sites for hydroxylation is 1. The van der Waals surface area contributed by atoms with E-state index in [4.69, 9.17) is 4.42 Å². The fourth-order valence-corrected chi connectivity index (χ4v) is 3.16. The molecule has 1 fully saturated rings. The number of hydrogen-bond donors (Lipinski definition) is 1. The van der Waals surface area contributed by atoms with Crippen LogP contribution in [0.2, 0.25) is 0 Å². The zero-order valence-electron chi connectivity index (χ0n) is 15.2. The van der Waals surface area contributed by atoms with Crippen LogP contribution in [0.25, 0.3) is 11.5 Å². The van der Waals surface area contributed by atoms with Crippen LogP contribution < -0.4 is 5.32 Å². The van der Waals surface area contributed by atoms with Crippen LogP contribution in [0.15, 0.2) is 34.9 Å². The zero-order valence-corrected chi connectivity index (χ0v) is 15.2. The van der Waals surface area contributed by atoms with E-state index >= 15 is 0 Å². The van der Waals surface area contributed by atoms with Crippen molar-refractivity contribution >= 4 is 11.7 Å². The second kappa shape index (κ2) is 7.70. The molecule has 6 nitrogen and oxygen atoms in total. The Morgan fingerprint density at radius 3 is 3.04 bits per heavy atom. The van der Waals surface area contributed by atoms with E-state index in [2.05, 4.69) is 29.2 Å². The van der Waals surface area contributed by atoms with Gasteiger partial charge in [0, 0.05) is 30.9 Å². The van der Waals surface area contributed by atoms with Gasteiger partial charge in [-0.1, -0.05) is 13.0 Å². The normalized spacial score (nSPS) is 17.3. The highest BCUT2D eigenvalue weighted by Gasteiger charge is 2.26. The number of nitrogens with zero attached hydrogens (tertiary/aromatic N) is 3. The number of hydrogen-bond acceptors (Lipinski definition) is 4. The first-order valence-corrected chi connectivity index (χ1v) is 8.82. The van der Waals surface area contributed by atoms with Crippen molar-refractivity contribution in [2.24, 2.45) is 5.92 Å². The predicted molar refractivity (Wildman–Crippen MR) is 98.5 cm³/mol. The number of aromatic nitrogens is 1. The van der Waals surface area contributed by atoms with Crippen molar-refractivity contribution in [2.75, 3.05) is 38.5 Å². The number of urea groups is 1. The van der Waals surface area contributed by atoms with E-state index < -0.39 is 0 Å². The first kappa shape index (κ1) is 17.5. The van der Waals surface area contributed by atoms with Gasteiger partial charge in [-0.15, -0.1) is 0 Å². The highest BCUT2D eigenvalue weighted by molar-refractivity contribution is 5.90. The largest absolute Gasteiger partial charge is 0.441 e. The van der Waals surface area contributed by atoms with Gasteiger partial charge in [0.15, 0.2) is 0 Å². The molecule has 1 N–H and O–H groups in total. The van der Waals surface area contributed by atoms with Crippen LogP contribution in [0.5, 0.6) is 0 Å². The standard InChI is InChI=1S/C19H26N4O2/c1-4-22(3)12-15-8-9-23(13-15)19(24)21-17-7-5-6-16(10-17)18-20-11-14(2)25-18/h5-7,10-11,15H,4,8-9,12-13H2,1-3H3,(H,21,24)/t15-/m1/s1. The van der Waals surface area contributed by atoms with Crippen LogP contribution in [0.4, 0.5) is 10.5 Å². The summed E-state index contributed by atoms with van der Waals surface area (Å²) < 4.78 is 5.55. The lowest BCUT2D eigenvalue weighted by molar-refractivity contribution is 0.218. The Morgan fingerprint density at radius 1 is 1.48 bits per heavy atom. The Morgan fingerprint density at radius 2 is 2.32 bits per heavy atom. The molecule has 1 aromatic heterocycles. The lowest BCUT2D eigenvalue weighted by Gasteiger charge is -2.20. The van der Waals surface area contributed by atoms with Gasteiger partial charge in [-0.2, -0.15) is 0 Å². The molecule has 6 heteroatoms. The van der Waals surface area contributed by atoms with Crippen LogP contribution in [0.1, 0.15) is 19.1 Å². The van der Waals surface area contributed by atoms with Crippen LogP contribution in [-0.2, 0) is 0 Å². The summed E-state index contributed by atoms with van der Waals surface area (Å²) in [6.45, 7) is 7.72. The van der Waals surface area contributed by atoms with Crippen LogP contribution in [-0.4, -0.2) is 54.0 Å².